The molecule has 20 heavy (non-hydrogen) atoms. The molecular formula is C13H15F3N2O2. The van der Waals surface area contributed by atoms with Crippen molar-refractivity contribution in [1.29, 1.82) is 0 Å². The lowest BCUT2D eigenvalue weighted by atomic mass is 9.81. The van der Waals surface area contributed by atoms with Gasteiger partial charge >= 0.3 is 12.3 Å². The van der Waals surface area contributed by atoms with Crippen LogP contribution in [0.3, 0.4) is 0 Å². The molecule has 7 heteroatoms. The Kier molecular flexibility index (Phi) is 3.64. The van der Waals surface area contributed by atoms with Crippen LogP contribution in [0.1, 0.15) is 12.5 Å². The zero-order chi connectivity index (χ0) is 15.0. The number of rotatable bonds is 1. The quantitative estimate of drug-likeness (QED) is 0.834. The van der Waals surface area contributed by atoms with Crippen molar-refractivity contribution in [2.24, 2.45) is 0 Å². The summed E-state index contributed by atoms with van der Waals surface area (Å²) < 4.78 is 39.8. The van der Waals surface area contributed by atoms with Crippen molar-refractivity contribution in [3.8, 4) is 0 Å². The monoisotopic (exact) mass is 288 g/mol. The summed E-state index contributed by atoms with van der Waals surface area (Å²) in [6.07, 6.45) is -5.90. The van der Waals surface area contributed by atoms with E-state index in [-0.39, 0.29) is 13.1 Å². The maximum Gasteiger partial charge on any atom is 0.408 e. The van der Waals surface area contributed by atoms with Crippen LogP contribution in [0.5, 0.6) is 0 Å². The lowest BCUT2D eigenvalue weighted by Crippen LogP contribution is -2.69. The van der Waals surface area contributed by atoms with Gasteiger partial charge in [-0.3, -0.25) is 4.90 Å². The molecule has 1 aromatic rings. The SMILES string of the molecule is CC1(c2ccccc2)C(C(F)(F)F)NCCN1C(=O)O. The van der Waals surface area contributed by atoms with Crippen LogP contribution in [-0.2, 0) is 5.54 Å². The highest BCUT2D eigenvalue weighted by atomic mass is 19.4. The van der Waals surface area contributed by atoms with E-state index >= 15 is 0 Å². The highest BCUT2D eigenvalue weighted by Crippen LogP contribution is 2.41. The van der Waals surface area contributed by atoms with Gasteiger partial charge in [-0.05, 0) is 12.5 Å². The number of piperazine rings is 1. The minimum atomic E-state index is -4.54. The van der Waals surface area contributed by atoms with Crippen molar-refractivity contribution in [2.45, 2.75) is 24.7 Å². The van der Waals surface area contributed by atoms with Crippen molar-refractivity contribution in [1.82, 2.24) is 10.2 Å². The van der Waals surface area contributed by atoms with Crippen molar-refractivity contribution >= 4 is 6.09 Å². The van der Waals surface area contributed by atoms with Gasteiger partial charge < -0.3 is 10.4 Å². The molecular weight excluding hydrogens is 273 g/mol. The molecule has 1 aliphatic heterocycles. The molecule has 1 amide bonds. The Balaban J connectivity index is 2.56. The smallest absolute Gasteiger partial charge is 0.408 e. The Labute approximate surface area is 114 Å². The maximum absolute atomic E-state index is 13.3. The zero-order valence-corrected chi connectivity index (χ0v) is 10.8. The van der Waals surface area contributed by atoms with E-state index in [1.54, 1.807) is 18.2 Å². The topological polar surface area (TPSA) is 52.6 Å². The average molecular weight is 288 g/mol. The van der Waals surface area contributed by atoms with E-state index in [1.165, 1.54) is 19.1 Å². The number of hydrogen-bond acceptors (Lipinski definition) is 2. The predicted octanol–water partition coefficient (Wildman–Crippen LogP) is 2.42. The third kappa shape index (κ3) is 2.33. The summed E-state index contributed by atoms with van der Waals surface area (Å²) in [7, 11) is 0. The van der Waals surface area contributed by atoms with E-state index < -0.39 is 23.9 Å². The van der Waals surface area contributed by atoms with Gasteiger partial charge in [0.25, 0.3) is 0 Å². The van der Waals surface area contributed by atoms with E-state index in [2.05, 4.69) is 5.32 Å². The first-order valence-electron chi connectivity index (χ1n) is 6.14. The summed E-state index contributed by atoms with van der Waals surface area (Å²) in [4.78, 5) is 12.2. The first kappa shape index (κ1) is 14.6. The number of alkyl halides is 3. The number of halogens is 3. The Morgan fingerprint density at radius 2 is 2.00 bits per heavy atom. The third-order valence-electron chi connectivity index (χ3n) is 3.72. The van der Waals surface area contributed by atoms with E-state index in [4.69, 9.17) is 0 Å². The number of carboxylic acid groups (broad SMARTS) is 1. The standard InChI is InChI=1S/C13H15F3N2O2/c1-12(9-5-3-2-4-6-9)10(13(14,15)16)17-7-8-18(12)11(19)20/h2-6,10,17H,7-8H2,1H3,(H,19,20). The second kappa shape index (κ2) is 4.97. The molecule has 0 radical (unpaired) electrons. The molecule has 4 nitrogen and oxygen atoms in total. The fraction of sp³-hybridized carbons (Fsp3) is 0.462. The van der Waals surface area contributed by atoms with Crippen LogP contribution in [0.25, 0.3) is 0 Å². The van der Waals surface area contributed by atoms with Crippen LogP contribution in [0, 0.1) is 0 Å². The lowest BCUT2D eigenvalue weighted by molar-refractivity contribution is -0.193. The van der Waals surface area contributed by atoms with E-state index in [0.29, 0.717) is 5.56 Å². The fourth-order valence-corrected chi connectivity index (χ4v) is 2.73. The van der Waals surface area contributed by atoms with Gasteiger partial charge in [-0.25, -0.2) is 4.79 Å². The Bertz CT molecular complexity index is 492. The highest BCUT2D eigenvalue weighted by Gasteiger charge is 2.57. The van der Waals surface area contributed by atoms with Gasteiger partial charge in [-0.15, -0.1) is 0 Å². The second-order valence-corrected chi connectivity index (χ2v) is 4.88. The molecule has 2 unspecified atom stereocenters. The molecule has 2 N–H and O–H groups in total. The molecule has 0 aromatic heterocycles. The minimum Gasteiger partial charge on any atom is -0.465 e. The van der Waals surface area contributed by atoms with Gasteiger partial charge in [0.05, 0.1) is 5.54 Å². The van der Waals surface area contributed by atoms with Gasteiger partial charge in [0, 0.05) is 13.1 Å². The van der Waals surface area contributed by atoms with E-state index in [0.717, 1.165) is 4.90 Å². The molecule has 1 aliphatic rings. The average Bonchev–Trinajstić information content (AvgIpc) is 2.38. The van der Waals surface area contributed by atoms with Crippen LogP contribution in [0.2, 0.25) is 0 Å². The molecule has 2 rings (SSSR count). The number of nitrogens with one attached hydrogen (secondary N) is 1. The van der Waals surface area contributed by atoms with Crippen molar-refractivity contribution in [3.63, 3.8) is 0 Å². The highest BCUT2D eigenvalue weighted by molar-refractivity contribution is 5.67. The normalized spacial score (nSPS) is 27.4. The van der Waals surface area contributed by atoms with Gasteiger partial charge in [0.1, 0.15) is 6.04 Å². The molecule has 0 spiro atoms. The summed E-state index contributed by atoms with van der Waals surface area (Å²) in [5.41, 5.74) is -1.37. The Morgan fingerprint density at radius 1 is 1.40 bits per heavy atom. The molecule has 1 heterocycles. The largest absolute Gasteiger partial charge is 0.465 e. The summed E-state index contributed by atoms with van der Waals surface area (Å²) in [5.74, 6) is 0. The number of benzene rings is 1. The summed E-state index contributed by atoms with van der Waals surface area (Å²) in [6.45, 7) is 1.28. The van der Waals surface area contributed by atoms with Crippen LogP contribution in [-0.4, -0.2) is 41.4 Å². The summed E-state index contributed by atoms with van der Waals surface area (Å²) in [5, 5.41) is 11.7. The van der Waals surface area contributed by atoms with E-state index in [9.17, 15) is 23.1 Å². The van der Waals surface area contributed by atoms with Crippen LogP contribution < -0.4 is 5.32 Å². The van der Waals surface area contributed by atoms with Crippen LogP contribution in [0.15, 0.2) is 30.3 Å². The fourth-order valence-electron chi connectivity index (χ4n) is 2.73. The molecule has 0 saturated carbocycles. The van der Waals surface area contributed by atoms with Gasteiger partial charge in [-0.1, -0.05) is 30.3 Å². The zero-order valence-electron chi connectivity index (χ0n) is 10.8. The molecule has 0 bridgehead atoms. The maximum atomic E-state index is 13.3. The molecule has 2 atom stereocenters. The lowest BCUT2D eigenvalue weighted by Gasteiger charge is -2.49. The van der Waals surface area contributed by atoms with Crippen LogP contribution in [0.4, 0.5) is 18.0 Å². The van der Waals surface area contributed by atoms with Crippen molar-refractivity contribution in [2.75, 3.05) is 13.1 Å². The minimum absolute atomic E-state index is 0.00725. The first-order valence-corrected chi connectivity index (χ1v) is 6.14. The molecule has 0 aliphatic carbocycles. The first-order chi connectivity index (χ1) is 9.28. The van der Waals surface area contributed by atoms with Gasteiger partial charge in [0.15, 0.2) is 0 Å². The van der Waals surface area contributed by atoms with Crippen LogP contribution >= 0.6 is 0 Å². The number of hydrogen-bond donors (Lipinski definition) is 2. The second-order valence-electron chi connectivity index (χ2n) is 4.88. The molecule has 1 aromatic carbocycles. The molecule has 110 valence electrons. The summed E-state index contributed by atoms with van der Waals surface area (Å²) >= 11 is 0. The van der Waals surface area contributed by atoms with Gasteiger partial charge in [0.2, 0.25) is 0 Å². The number of carbonyl (C=O) groups is 1. The Hall–Kier alpha value is -1.76. The van der Waals surface area contributed by atoms with Crippen molar-refractivity contribution < 1.29 is 23.1 Å². The van der Waals surface area contributed by atoms with Crippen molar-refractivity contribution in [3.05, 3.63) is 35.9 Å². The molecule has 1 fully saturated rings. The number of nitrogens with zero attached hydrogens (tertiary/aromatic N) is 1. The predicted molar refractivity (Wildman–Crippen MR) is 66.4 cm³/mol. The third-order valence-corrected chi connectivity index (χ3v) is 3.72. The van der Waals surface area contributed by atoms with E-state index in [1.807, 2.05) is 0 Å². The molecule has 1 saturated heterocycles. The number of amides is 1. The summed E-state index contributed by atoms with van der Waals surface area (Å²) in [6, 6.07) is 5.97. The van der Waals surface area contributed by atoms with Gasteiger partial charge in [-0.2, -0.15) is 13.2 Å². The Morgan fingerprint density at radius 3 is 2.50 bits per heavy atom.